The minimum absolute atomic E-state index is 0. The Labute approximate surface area is 161 Å². The van der Waals surface area contributed by atoms with E-state index >= 15 is 0 Å². The number of halogens is 1. The Morgan fingerprint density at radius 1 is 1.12 bits per heavy atom. The lowest BCUT2D eigenvalue weighted by Crippen LogP contribution is -2.34. The largest absolute Gasteiger partial charge is 0.489 e. The van der Waals surface area contributed by atoms with Crippen LogP contribution in [0.1, 0.15) is 18.1 Å². The second-order valence-electron chi connectivity index (χ2n) is 5.63. The average molecular weight is 439 g/mol. The molecular weight excluding hydrogens is 413 g/mol. The summed E-state index contributed by atoms with van der Waals surface area (Å²) in [6.07, 6.45) is 0.902. The van der Waals surface area contributed by atoms with Crippen molar-refractivity contribution in [3.63, 3.8) is 0 Å². The monoisotopic (exact) mass is 439 g/mol. The highest BCUT2D eigenvalue weighted by Gasteiger charge is 2.03. The molecular formula is C19H26IN3O. The molecule has 0 radical (unpaired) electrons. The first kappa shape index (κ1) is 20.3. The summed E-state index contributed by atoms with van der Waals surface area (Å²) < 4.78 is 5.80. The molecule has 1 unspecified atom stereocenters. The van der Waals surface area contributed by atoms with Crippen molar-refractivity contribution in [3.8, 4) is 5.75 Å². The summed E-state index contributed by atoms with van der Waals surface area (Å²) in [7, 11) is 0. The lowest BCUT2D eigenvalue weighted by Gasteiger charge is -2.13. The summed E-state index contributed by atoms with van der Waals surface area (Å²) in [5, 5.41) is 3.13. The van der Waals surface area contributed by atoms with Gasteiger partial charge in [-0.05, 0) is 38.0 Å². The third-order valence-corrected chi connectivity index (χ3v) is 3.44. The van der Waals surface area contributed by atoms with Crippen LogP contribution in [0.15, 0.2) is 59.6 Å². The first-order valence-electron chi connectivity index (χ1n) is 7.94. The number of hydrogen-bond acceptors (Lipinski definition) is 2. The molecule has 130 valence electrons. The summed E-state index contributed by atoms with van der Waals surface area (Å²) in [6, 6.07) is 18.3. The van der Waals surface area contributed by atoms with E-state index < -0.39 is 0 Å². The van der Waals surface area contributed by atoms with Crippen molar-refractivity contribution in [1.82, 2.24) is 5.32 Å². The zero-order chi connectivity index (χ0) is 16.5. The minimum Gasteiger partial charge on any atom is -0.489 e. The Hall–Kier alpha value is -1.76. The van der Waals surface area contributed by atoms with E-state index in [1.807, 2.05) is 49.4 Å². The van der Waals surface area contributed by atoms with Crippen LogP contribution in [-0.2, 0) is 6.42 Å². The molecule has 4 nitrogen and oxygen atoms in total. The quantitative estimate of drug-likeness (QED) is 0.394. The van der Waals surface area contributed by atoms with Gasteiger partial charge in [0.15, 0.2) is 5.96 Å². The Balaban J connectivity index is 0.00000288. The summed E-state index contributed by atoms with van der Waals surface area (Å²) in [4.78, 5) is 4.33. The van der Waals surface area contributed by atoms with E-state index in [1.165, 1.54) is 11.1 Å². The van der Waals surface area contributed by atoms with Gasteiger partial charge in [-0.25, -0.2) is 4.99 Å². The van der Waals surface area contributed by atoms with Crippen LogP contribution >= 0.6 is 24.0 Å². The third-order valence-electron chi connectivity index (χ3n) is 3.44. The summed E-state index contributed by atoms with van der Waals surface area (Å²) >= 11 is 0. The molecule has 1 atom stereocenters. The number of nitrogens with zero attached hydrogens (tertiary/aromatic N) is 1. The zero-order valence-electron chi connectivity index (χ0n) is 14.2. The highest BCUT2D eigenvalue weighted by Crippen LogP contribution is 2.13. The van der Waals surface area contributed by atoms with Gasteiger partial charge in [0.25, 0.3) is 0 Å². The van der Waals surface area contributed by atoms with Gasteiger partial charge in [0.05, 0.1) is 6.54 Å². The molecule has 0 heterocycles. The number of aryl methyl sites for hydroxylation is 1. The van der Waals surface area contributed by atoms with E-state index in [4.69, 9.17) is 10.5 Å². The number of nitrogens with two attached hydrogens (primary N) is 1. The molecule has 0 spiro atoms. The van der Waals surface area contributed by atoms with E-state index in [0.29, 0.717) is 12.5 Å². The molecule has 2 aromatic rings. The number of hydrogen-bond donors (Lipinski definition) is 2. The number of guanidine groups is 1. The predicted octanol–water partition coefficient (Wildman–Crippen LogP) is 3.53. The Kier molecular flexibility index (Phi) is 9.22. The van der Waals surface area contributed by atoms with Crippen LogP contribution in [0.3, 0.4) is 0 Å². The molecule has 0 aliphatic rings. The fourth-order valence-corrected chi connectivity index (χ4v) is 2.15. The van der Waals surface area contributed by atoms with Crippen molar-refractivity contribution < 1.29 is 4.74 Å². The Morgan fingerprint density at radius 2 is 1.79 bits per heavy atom. The lowest BCUT2D eigenvalue weighted by molar-refractivity contribution is 0.230. The third kappa shape index (κ3) is 7.68. The van der Waals surface area contributed by atoms with Crippen molar-refractivity contribution in [2.75, 3.05) is 13.1 Å². The molecule has 0 aliphatic heterocycles. The highest BCUT2D eigenvalue weighted by molar-refractivity contribution is 14.0. The highest BCUT2D eigenvalue weighted by atomic mass is 127. The molecule has 0 saturated heterocycles. The van der Waals surface area contributed by atoms with Crippen molar-refractivity contribution in [1.29, 1.82) is 0 Å². The Morgan fingerprint density at radius 3 is 2.46 bits per heavy atom. The van der Waals surface area contributed by atoms with Gasteiger partial charge in [-0.3, -0.25) is 0 Å². The molecule has 2 aromatic carbocycles. The fourth-order valence-electron chi connectivity index (χ4n) is 2.15. The second kappa shape index (κ2) is 10.9. The summed E-state index contributed by atoms with van der Waals surface area (Å²) in [5.74, 6) is 1.31. The second-order valence-corrected chi connectivity index (χ2v) is 5.63. The first-order valence-corrected chi connectivity index (χ1v) is 7.94. The molecule has 0 amide bonds. The Bertz CT molecular complexity index is 614. The molecule has 24 heavy (non-hydrogen) atoms. The molecule has 0 aliphatic carbocycles. The van der Waals surface area contributed by atoms with Gasteiger partial charge >= 0.3 is 0 Å². The fraction of sp³-hybridized carbons (Fsp3) is 0.316. The van der Waals surface area contributed by atoms with Crippen molar-refractivity contribution in [2.45, 2.75) is 26.4 Å². The van der Waals surface area contributed by atoms with Crippen LogP contribution in [0.25, 0.3) is 0 Å². The van der Waals surface area contributed by atoms with Crippen LogP contribution in [0.5, 0.6) is 5.75 Å². The number of rotatable bonds is 7. The van der Waals surface area contributed by atoms with E-state index in [2.05, 4.69) is 29.4 Å². The maximum absolute atomic E-state index is 5.88. The smallest absolute Gasteiger partial charge is 0.188 e. The van der Waals surface area contributed by atoms with Gasteiger partial charge in [0.1, 0.15) is 11.9 Å². The van der Waals surface area contributed by atoms with Crippen LogP contribution in [0.2, 0.25) is 0 Å². The van der Waals surface area contributed by atoms with E-state index in [0.717, 1.165) is 18.7 Å². The van der Waals surface area contributed by atoms with Crippen LogP contribution in [0, 0.1) is 6.92 Å². The molecule has 5 heteroatoms. The zero-order valence-corrected chi connectivity index (χ0v) is 16.6. The number of aliphatic imine (C=N–C) groups is 1. The summed E-state index contributed by atoms with van der Waals surface area (Å²) in [5.41, 5.74) is 8.38. The summed E-state index contributed by atoms with van der Waals surface area (Å²) in [6.45, 7) is 5.34. The van der Waals surface area contributed by atoms with Crippen molar-refractivity contribution >= 4 is 29.9 Å². The number of ether oxygens (including phenoxy) is 1. The van der Waals surface area contributed by atoms with Crippen LogP contribution < -0.4 is 15.8 Å². The van der Waals surface area contributed by atoms with Gasteiger partial charge < -0.3 is 15.8 Å². The molecule has 3 N–H and O–H groups in total. The van der Waals surface area contributed by atoms with Crippen molar-refractivity contribution in [3.05, 3.63) is 65.7 Å². The first-order chi connectivity index (χ1) is 11.1. The maximum atomic E-state index is 5.88. The van der Waals surface area contributed by atoms with E-state index in [-0.39, 0.29) is 30.1 Å². The standard InChI is InChI=1S/C19H25N3O.HI/c1-15-8-10-18(11-9-15)23-16(2)14-22-19(20)21-13-12-17-6-4-3-5-7-17;/h3-11,16H,12-14H2,1-2H3,(H3,20,21,22);1H. The van der Waals surface area contributed by atoms with Gasteiger partial charge in [0.2, 0.25) is 0 Å². The normalized spacial score (nSPS) is 12.2. The molecule has 0 aromatic heterocycles. The van der Waals surface area contributed by atoms with E-state index in [9.17, 15) is 0 Å². The van der Waals surface area contributed by atoms with Gasteiger partial charge in [0, 0.05) is 6.54 Å². The number of nitrogens with one attached hydrogen (secondary N) is 1. The molecule has 0 saturated carbocycles. The average Bonchev–Trinajstić information content (AvgIpc) is 2.56. The SMILES string of the molecule is Cc1ccc(OC(C)CN=C(N)NCCc2ccccc2)cc1.I. The van der Waals surface area contributed by atoms with E-state index in [1.54, 1.807) is 0 Å². The number of benzene rings is 2. The minimum atomic E-state index is -0.0211. The molecule has 0 fully saturated rings. The van der Waals surface area contributed by atoms with Gasteiger partial charge in [-0.15, -0.1) is 24.0 Å². The van der Waals surface area contributed by atoms with Crippen LogP contribution in [0.4, 0.5) is 0 Å². The molecule has 0 bridgehead atoms. The van der Waals surface area contributed by atoms with Crippen molar-refractivity contribution in [2.24, 2.45) is 10.7 Å². The maximum Gasteiger partial charge on any atom is 0.188 e. The van der Waals surface area contributed by atoms with Gasteiger partial charge in [-0.2, -0.15) is 0 Å². The van der Waals surface area contributed by atoms with Gasteiger partial charge in [-0.1, -0.05) is 48.0 Å². The van der Waals surface area contributed by atoms with Crippen LogP contribution in [-0.4, -0.2) is 25.2 Å². The predicted molar refractivity (Wildman–Crippen MR) is 111 cm³/mol. The topological polar surface area (TPSA) is 59.6 Å². The lowest BCUT2D eigenvalue weighted by atomic mass is 10.1. The molecule has 2 rings (SSSR count).